The van der Waals surface area contributed by atoms with E-state index in [0.717, 1.165) is 35.5 Å². The number of likely N-dealkylation sites (tertiary alicyclic amines) is 1. The molecular weight excluding hydrogens is 454 g/mol. The predicted molar refractivity (Wildman–Crippen MR) is 130 cm³/mol. The van der Waals surface area contributed by atoms with Crippen LogP contribution >= 0.6 is 11.3 Å². The number of amides is 1. The molecule has 2 aliphatic heterocycles. The number of rotatable bonds is 8. The number of thiophene rings is 1. The number of piperidine rings is 1. The SMILES string of the molecule is CCOC(=O)C1CCCN(CC(=O)N2N=C(c3cccs3)CC2c2ccc(OC)c(OC)c2)C1. The highest BCUT2D eigenvalue weighted by Crippen LogP contribution is 2.38. The number of esters is 1. The Morgan fingerprint density at radius 1 is 1.18 bits per heavy atom. The van der Waals surface area contributed by atoms with Crippen LogP contribution in [0.15, 0.2) is 40.8 Å². The van der Waals surface area contributed by atoms with Crippen LogP contribution in [0, 0.1) is 5.92 Å². The molecule has 3 heterocycles. The largest absolute Gasteiger partial charge is 0.493 e. The van der Waals surface area contributed by atoms with Gasteiger partial charge in [0.25, 0.3) is 5.91 Å². The predicted octanol–water partition coefficient (Wildman–Crippen LogP) is 3.72. The van der Waals surface area contributed by atoms with Gasteiger partial charge in [-0.1, -0.05) is 12.1 Å². The minimum absolute atomic E-state index is 0.0872. The summed E-state index contributed by atoms with van der Waals surface area (Å²) < 4.78 is 16.1. The summed E-state index contributed by atoms with van der Waals surface area (Å²) in [6.07, 6.45) is 2.27. The number of hydrogen-bond acceptors (Lipinski definition) is 8. The van der Waals surface area contributed by atoms with E-state index in [9.17, 15) is 9.59 Å². The van der Waals surface area contributed by atoms with E-state index in [4.69, 9.17) is 19.3 Å². The first-order chi connectivity index (χ1) is 16.5. The zero-order valence-electron chi connectivity index (χ0n) is 19.9. The highest BCUT2D eigenvalue weighted by atomic mass is 32.1. The van der Waals surface area contributed by atoms with Crippen LogP contribution in [0.5, 0.6) is 11.5 Å². The van der Waals surface area contributed by atoms with Crippen molar-refractivity contribution >= 4 is 28.9 Å². The first-order valence-electron chi connectivity index (χ1n) is 11.6. The fourth-order valence-corrected chi connectivity index (χ4v) is 5.29. The van der Waals surface area contributed by atoms with Crippen molar-refractivity contribution in [2.45, 2.75) is 32.2 Å². The second-order valence-corrected chi connectivity index (χ2v) is 9.37. The van der Waals surface area contributed by atoms with Crippen LogP contribution in [0.25, 0.3) is 0 Å². The summed E-state index contributed by atoms with van der Waals surface area (Å²) in [4.78, 5) is 28.8. The zero-order valence-corrected chi connectivity index (χ0v) is 20.7. The highest BCUT2D eigenvalue weighted by molar-refractivity contribution is 7.12. The summed E-state index contributed by atoms with van der Waals surface area (Å²) in [5.74, 6) is 0.801. The lowest BCUT2D eigenvalue weighted by Gasteiger charge is -2.32. The Labute approximate surface area is 204 Å². The molecule has 0 spiro atoms. The number of hydrogen-bond donors (Lipinski definition) is 0. The van der Waals surface area contributed by atoms with E-state index >= 15 is 0 Å². The van der Waals surface area contributed by atoms with Crippen molar-refractivity contribution in [3.8, 4) is 11.5 Å². The van der Waals surface area contributed by atoms with Crippen LogP contribution in [-0.4, -0.2) is 68.0 Å². The summed E-state index contributed by atoms with van der Waals surface area (Å²) in [5, 5.41) is 8.37. The average molecular weight is 486 g/mol. The van der Waals surface area contributed by atoms with E-state index in [-0.39, 0.29) is 30.4 Å². The molecule has 1 saturated heterocycles. The van der Waals surface area contributed by atoms with Gasteiger partial charge in [0.15, 0.2) is 11.5 Å². The number of nitrogens with zero attached hydrogens (tertiary/aromatic N) is 3. The second kappa shape index (κ2) is 11.0. The van der Waals surface area contributed by atoms with Crippen LogP contribution in [0.3, 0.4) is 0 Å². The fraction of sp³-hybridized carbons (Fsp3) is 0.480. The number of carbonyl (C=O) groups excluding carboxylic acids is 2. The number of ether oxygens (including phenoxy) is 3. The molecule has 34 heavy (non-hydrogen) atoms. The van der Waals surface area contributed by atoms with E-state index in [0.29, 0.717) is 31.1 Å². The average Bonchev–Trinajstić information content (AvgIpc) is 3.54. The van der Waals surface area contributed by atoms with Gasteiger partial charge in [-0.25, -0.2) is 5.01 Å². The Hall–Kier alpha value is -2.91. The van der Waals surface area contributed by atoms with Gasteiger partial charge in [0, 0.05) is 13.0 Å². The summed E-state index contributed by atoms with van der Waals surface area (Å²) >= 11 is 1.61. The molecule has 2 atom stereocenters. The van der Waals surface area contributed by atoms with Crippen molar-refractivity contribution in [2.75, 3.05) is 40.5 Å². The zero-order chi connectivity index (χ0) is 24.1. The van der Waals surface area contributed by atoms with Gasteiger partial charge in [0.1, 0.15) is 0 Å². The first-order valence-corrected chi connectivity index (χ1v) is 12.5. The van der Waals surface area contributed by atoms with Crippen molar-refractivity contribution in [1.82, 2.24) is 9.91 Å². The molecule has 1 aromatic carbocycles. The van der Waals surface area contributed by atoms with E-state index < -0.39 is 0 Å². The van der Waals surface area contributed by atoms with Gasteiger partial charge in [0.05, 0.1) is 49.9 Å². The van der Waals surface area contributed by atoms with Crippen molar-refractivity contribution in [2.24, 2.45) is 11.0 Å². The molecule has 9 heteroatoms. The molecule has 1 fully saturated rings. The molecule has 1 amide bonds. The maximum absolute atomic E-state index is 13.5. The smallest absolute Gasteiger partial charge is 0.310 e. The molecule has 2 aliphatic rings. The monoisotopic (exact) mass is 485 g/mol. The molecule has 2 unspecified atom stereocenters. The third-order valence-corrected chi connectivity index (χ3v) is 7.17. The van der Waals surface area contributed by atoms with E-state index in [1.807, 2.05) is 47.5 Å². The maximum atomic E-state index is 13.5. The molecule has 0 saturated carbocycles. The summed E-state index contributed by atoms with van der Waals surface area (Å²) in [6.45, 7) is 3.70. The minimum Gasteiger partial charge on any atom is -0.493 e. The van der Waals surface area contributed by atoms with E-state index in [1.165, 1.54) is 0 Å². The number of hydrazone groups is 1. The molecule has 0 radical (unpaired) electrons. The highest BCUT2D eigenvalue weighted by Gasteiger charge is 2.36. The quantitative estimate of drug-likeness (QED) is 0.530. The summed E-state index contributed by atoms with van der Waals surface area (Å²) in [6, 6.07) is 9.49. The van der Waals surface area contributed by atoms with E-state index in [1.54, 1.807) is 30.6 Å². The molecule has 182 valence electrons. The molecular formula is C25H31N3O5S. The Morgan fingerprint density at radius 3 is 2.71 bits per heavy atom. The van der Waals surface area contributed by atoms with Crippen LogP contribution in [0.2, 0.25) is 0 Å². The van der Waals surface area contributed by atoms with E-state index in [2.05, 4.69) is 0 Å². The van der Waals surface area contributed by atoms with Gasteiger partial charge in [-0.2, -0.15) is 5.10 Å². The fourth-order valence-electron chi connectivity index (χ4n) is 4.57. The van der Waals surface area contributed by atoms with Crippen molar-refractivity contribution in [1.29, 1.82) is 0 Å². The second-order valence-electron chi connectivity index (χ2n) is 8.42. The third kappa shape index (κ3) is 5.26. The van der Waals surface area contributed by atoms with Crippen LogP contribution in [0.4, 0.5) is 0 Å². The lowest BCUT2D eigenvalue weighted by atomic mass is 9.98. The maximum Gasteiger partial charge on any atom is 0.310 e. The number of carbonyl (C=O) groups is 2. The van der Waals surface area contributed by atoms with Crippen LogP contribution < -0.4 is 9.47 Å². The topological polar surface area (TPSA) is 80.7 Å². The molecule has 0 N–H and O–H groups in total. The van der Waals surface area contributed by atoms with Gasteiger partial charge in [0.2, 0.25) is 0 Å². The van der Waals surface area contributed by atoms with Crippen molar-refractivity contribution in [3.63, 3.8) is 0 Å². The summed E-state index contributed by atoms with van der Waals surface area (Å²) in [7, 11) is 3.20. The van der Waals surface area contributed by atoms with Crippen LogP contribution in [0.1, 0.15) is 42.7 Å². The van der Waals surface area contributed by atoms with Crippen LogP contribution in [-0.2, 0) is 14.3 Å². The van der Waals surface area contributed by atoms with Gasteiger partial charge in [-0.15, -0.1) is 11.3 Å². The Balaban J connectivity index is 1.55. The molecule has 0 aliphatic carbocycles. The van der Waals surface area contributed by atoms with Gasteiger partial charge >= 0.3 is 5.97 Å². The van der Waals surface area contributed by atoms with Gasteiger partial charge in [-0.3, -0.25) is 14.5 Å². The first kappa shape index (κ1) is 24.2. The number of methoxy groups -OCH3 is 2. The Bertz CT molecular complexity index is 1040. The lowest BCUT2D eigenvalue weighted by molar-refractivity contribution is -0.150. The Morgan fingerprint density at radius 2 is 2.00 bits per heavy atom. The van der Waals surface area contributed by atoms with Gasteiger partial charge in [-0.05, 0) is 55.5 Å². The molecule has 4 rings (SSSR count). The standard InChI is InChI=1S/C25H31N3O5S/c1-4-33-25(30)18-7-5-11-27(15-18)16-24(29)28-20(14-19(26-28)23-8-6-12-34-23)17-9-10-21(31-2)22(13-17)32-3/h6,8-10,12-13,18,20H,4-5,7,11,14-16H2,1-3H3. The molecule has 0 bridgehead atoms. The number of benzene rings is 1. The molecule has 1 aromatic heterocycles. The van der Waals surface area contributed by atoms with Crippen molar-refractivity contribution < 1.29 is 23.8 Å². The minimum atomic E-state index is -0.241. The molecule has 8 nitrogen and oxygen atoms in total. The normalized spacial score (nSPS) is 20.7. The Kier molecular flexibility index (Phi) is 7.84. The van der Waals surface area contributed by atoms with Gasteiger partial charge < -0.3 is 14.2 Å². The lowest BCUT2D eigenvalue weighted by Crippen LogP contribution is -2.44. The molecule has 2 aromatic rings. The van der Waals surface area contributed by atoms with Crippen molar-refractivity contribution in [3.05, 3.63) is 46.2 Å². The summed E-state index contributed by atoms with van der Waals surface area (Å²) in [5.41, 5.74) is 1.83. The third-order valence-electron chi connectivity index (χ3n) is 6.25.